The Labute approximate surface area is 177 Å². The third-order valence-electron chi connectivity index (χ3n) is 4.44. The molecule has 0 aliphatic rings. The number of hydrogen-bond donors (Lipinski definition) is 1. The number of anilines is 1. The Kier molecular flexibility index (Phi) is 5.78. The van der Waals surface area contributed by atoms with Crippen LogP contribution in [0.4, 0.5) is 5.69 Å². The van der Waals surface area contributed by atoms with Crippen LogP contribution in [0.3, 0.4) is 0 Å². The molecule has 146 valence electrons. The highest BCUT2D eigenvalue weighted by atomic mass is 32.2. The van der Waals surface area contributed by atoms with Crippen molar-refractivity contribution in [2.45, 2.75) is 24.3 Å². The number of aromatic nitrogens is 3. The van der Waals surface area contributed by atoms with Gasteiger partial charge in [-0.05, 0) is 49.1 Å². The van der Waals surface area contributed by atoms with Crippen molar-refractivity contribution in [1.29, 1.82) is 0 Å². The maximum absolute atomic E-state index is 12.8. The van der Waals surface area contributed by atoms with Gasteiger partial charge in [-0.15, -0.1) is 21.5 Å². The second kappa shape index (κ2) is 8.63. The molecule has 1 unspecified atom stereocenters. The quantitative estimate of drug-likeness (QED) is 0.423. The van der Waals surface area contributed by atoms with Gasteiger partial charge >= 0.3 is 0 Å². The summed E-state index contributed by atoms with van der Waals surface area (Å²) in [5.41, 5.74) is 2.83. The van der Waals surface area contributed by atoms with Crippen molar-refractivity contribution < 1.29 is 4.79 Å². The van der Waals surface area contributed by atoms with Gasteiger partial charge in [-0.3, -0.25) is 9.36 Å². The monoisotopic (exact) mass is 420 g/mol. The average Bonchev–Trinajstić information content (AvgIpc) is 3.40. The minimum absolute atomic E-state index is 0.0652. The molecule has 0 aliphatic carbocycles. The van der Waals surface area contributed by atoms with Crippen molar-refractivity contribution in [3.8, 4) is 16.4 Å². The van der Waals surface area contributed by atoms with Crippen LogP contribution in [-0.4, -0.2) is 25.9 Å². The maximum atomic E-state index is 12.8. The molecule has 2 aromatic carbocycles. The summed E-state index contributed by atoms with van der Waals surface area (Å²) in [6.07, 6.45) is 0. The number of thiophene rings is 1. The van der Waals surface area contributed by atoms with Gasteiger partial charge in [0.05, 0.1) is 10.1 Å². The van der Waals surface area contributed by atoms with E-state index in [9.17, 15) is 4.79 Å². The van der Waals surface area contributed by atoms with Crippen LogP contribution in [0.1, 0.15) is 12.5 Å². The number of hydrogen-bond acceptors (Lipinski definition) is 5. The Bertz CT molecular complexity index is 1110. The molecule has 0 aliphatic heterocycles. The zero-order chi connectivity index (χ0) is 20.2. The van der Waals surface area contributed by atoms with E-state index < -0.39 is 0 Å². The van der Waals surface area contributed by atoms with Gasteiger partial charge in [0.25, 0.3) is 0 Å². The van der Waals surface area contributed by atoms with E-state index in [1.54, 1.807) is 11.3 Å². The summed E-state index contributed by atoms with van der Waals surface area (Å²) in [4.78, 5) is 13.8. The number of benzene rings is 2. The molecule has 4 aromatic rings. The standard InChI is InChI=1S/C22H20N4OS2/c1-15-9-6-7-12-18(15)23-21(27)16(2)29-22-25-24-20(19-13-8-14-28-19)26(22)17-10-4-3-5-11-17/h3-14,16H,1-2H3,(H,23,27). The molecule has 4 rings (SSSR count). The van der Waals surface area contributed by atoms with E-state index in [1.807, 2.05) is 90.5 Å². The first-order chi connectivity index (χ1) is 14.1. The lowest BCUT2D eigenvalue weighted by Gasteiger charge is -2.14. The highest BCUT2D eigenvalue weighted by Gasteiger charge is 2.22. The maximum Gasteiger partial charge on any atom is 0.237 e. The fraction of sp³-hybridized carbons (Fsp3) is 0.136. The normalized spacial score (nSPS) is 11.9. The summed E-state index contributed by atoms with van der Waals surface area (Å²) in [5, 5.41) is 14.2. The third kappa shape index (κ3) is 4.26. The number of nitrogens with zero attached hydrogens (tertiary/aromatic N) is 3. The van der Waals surface area contributed by atoms with Gasteiger partial charge in [0, 0.05) is 11.4 Å². The third-order valence-corrected chi connectivity index (χ3v) is 6.35. The van der Waals surface area contributed by atoms with E-state index in [1.165, 1.54) is 11.8 Å². The lowest BCUT2D eigenvalue weighted by molar-refractivity contribution is -0.115. The number of nitrogens with one attached hydrogen (secondary N) is 1. The van der Waals surface area contributed by atoms with Gasteiger partial charge in [0.2, 0.25) is 5.91 Å². The van der Waals surface area contributed by atoms with E-state index in [2.05, 4.69) is 15.5 Å². The zero-order valence-electron chi connectivity index (χ0n) is 16.1. The molecule has 0 radical (unpaired) electrons. The molecule has 29 heavy (non-hydrogen) atoms. The number of para-hydroxylation sites is 2. The number of carbonyl (C=O) groups excluding carboxylic acids is 1. The Morgan fingerprint density at radius 1 is 1.03 bits per heavy atom. The average molecular weight is 421 g/mol. The van der Waals surface area contributed by atoms with Crippen LogP contribution in [0.5, 0.6) is 0 Å². The van der Waals surface area contributed by atoms with Crippen molar-refractivity contribution in [1.82, 2.24) is 14.8 Å². The van der Waals surface area contributed by atoms with Crippen molar-refractivity contribution in [3.05, 3.63) is 77.7 Å². The van der Waals surface area contributed by atoms with E-state index >= 15 is 0 Å². The van der Waals surface area contributed by atoms with Crippen LogP contribution in [-0.2, 0) is 4.79 Å². The molecule has 2 heterocycles. The summed E-state index contributed by atoms with van der Waals surface area (Å²) < 4.78 is 2.01. The van der Waals surface area contributed by atoms with Crippen LogP contribution >= 0.6 is 23.1 Å². The van der Waals surface area contributed by atoms with Crippen molar-refractivity contribution in [2.24, 2.45) is 0 Å². The molecular weight excluding hydrogens is 400 g/mol. The van der Waals surface area contributed by atoms with Gasteiger partial charge in [0.15, 0.2) is 11.0 Å². The molecule has 0 saturated carbocycles. The molecule has 7 heteroatoms. The first-order valence-corrected chi connectivity index (χ1v) is 11.0. The summed E-state index contributed by atoms with van der Waals surface area (Å²) in [7, 11) is 0. The number of thioether (sulfide) groups is 1. The Hall–Kier alpha value is -2.90. The number of amides is 1. The highest BCUT2D eigenvalue weighted by molar-refractivity contribution is 8.00. The molecule has 0 saturated heterocycles. The first-order valence-electron chi connectivity index (χ1n) is 9.21. The summed E-state index contributed by atoms with van der Waals surface area (Å²) >= 11 is 3.01. The molecule has 1 atom stereocenters. The van der Waals surface area contributed by atoms with E-state index in [4.69, 9.17) is 0 Å². The smallest absolute Gasteiger partial charge is 0.237 e. The second-order valence-corrected chi connectivity index (χ2v) is 8.77. The SMILES string of the molecule is Cc1ccccc1NC(=O)C(C)Sc1nnc(-c2cccs2)n1-c1ccccc1. The molecule has 1 N–H and O–H groups in total. The Balaban J connectivity index is 1.62. The molecule has 0 bridgehead atoms. The van der Waals surface area contributed by atoms with Crippen molar-refractivity contribution in [2.75, 3.05) is 5.32 Å². The summed E-state index contributed by atoms with van der Waals surface area (Å²) in [6.45, 7) is 3.86. The molecule has 5 nitrogen and oxygen atoms in total. The number of rotatable bonds is 6. The lowest BCUT2D eigenvalue weighted by Crippen LogP contribution is -2.23. The van der Waals surface area contributed by atoms with Gasteiger partial charge in [0.1, 0.15) is 0 Å². The molecular formula is C22H20N4OS2. The predicted octanol–water partition coefficient (Wildman–Crippen LogP) is 5.42. The number of carbonyl (C=O) groups is 1. The predicted molar refractivity (Wildman–Crippen MR) is 120 cm³/mol. The zero-order valence-corrected chi connectivity index (χ0v) is 17.7. The van der Waals surface area contributed by atoms with Gasteiger partial charge in [-0.25, -0.2) is 0 Å². The summed E-state index contributed by atoms with van der Waals surface area (Å²) in [5.74, 6) is 0.713. The Morgan fingerprint density at radius 2 is 1.79 bits per heavy atom. The number of aryl methyl sites for hydroxylation is 1. The topological polar surface area (TPSA) is 59.8 Å². The minimum atomic E-state index is -0.336. The largest absolute Gasteiger partial charge is 0.325 e. The van der Waals surface area contributed by atoms with E-state index in [-0.39, 0.29) is 11.2 Å². The van der Waals surface area contributed by atoms with Gasteiger partial charge in [-0.1, -0.05) is 54.2 Å². The molecule has 0 spiro atoms. The molecule has 0 fully saturated rings. The lowest BCUT2D eigenvalue weighted by atomic mass is 10.2. The van der Waals surface area contributed by atoms with E-state index in [0.717, 1.165) is 27.6 Å². The van der Waals surface area contributed by atoms with Crippen LogP contribution in [0.15, 0.2) is 77.3 Å². The Morgan fingerprint density at radius 3 is 2.52 bits per heavy atom. The van der Waals surface area contributed by atoms with Gasteiger partial charge in [-0.2, -0.15) is 0 Å². The molecule has 1 amide bonds. The van der Waals surface area contributed by atoms with Crippen LogP contribution in [0.25, 0.3) is 16.4 Å². The van der Waals surface area contributed by atoms with Crippen LogP contribution < -0.4 is 5.32 Å². The fourth-order valence-corrected chi connectivity index (χ4v) is 4.45. The second-order valence-electron chi connectivity index (χ2n) is 6.52. The van der Waals surface area contributed by atoms with Crippen molar-refractivity contribution >= 4 is 34.7 Å². The first kappa shape index (κ1) is 19.4. The summed E-state index contributed by atoms with van der Waals surface area (Å²) in [6, 6.07) is 21.8. The fourth-order valence-electron chi connectivity index (χ4n) is 2.88. The van der Waals surface area contributed by atoms with Crippen molar-refractivity contribution in [3.63, 3.8) is 0 Å². The molecule has 2 aromatic heterocycles. The van der Waals surface area contributed by atoms with E-state index in [0.29, 0.717) is 5.16 Å². The minimum Gasteiger partial charge on any atom is -0.325 e. The van der Waals surface area contributed by atoms with Gasteiger partial charge < -0.3 is 5.32 Å². The highest BCUT2D eigenvalue weighted by Crippen LogP contribution is 2.32. The van der Waals surface area contributed by atoms with Crippen LogP contribution in [0, 0.1) is 6.92 Å². The van der Waals surface area contributed by atoms with Crippen LogP contribution in [0.2, 0.25) is 0 Å².